The highest BCUT2D eigenvalue weighted by Gasteiger charge is 2.15. The summed E-state index contributed by atoms with van der Waals surface area (Å²) in [5.74, 6) is 0.725. The second kappa shape index (κ2) is 5.45. The van der Waals surface area contributed by atoms with Gasteiger partial charge >= 0.3 is 0 Å². The highest BCUT2D eigenvalue weighted by atomic mass is 16.5. The van der Waals surface area contributed by atoms with Gasteiger partial charge in [-0.15, -0.1) is 0 Å². The zero-order valence-electron chi connectivity index (χ0n) is 11.1. The van der Waals surface area contributed by atoms with Gasteiger partial charge in [0.25, 0.3) is 0 Å². The highest BCUT2D eigenvalue weighted by molar-refractivity contribution is 5.89. The van der Waals surface area contributed by atoms with Gasteiger partial charge in [0.05, 0.1) is 0 Å². The first-order valence-electron chi connectivity index (χ1n) is 6.79. The van der Waals surface area contributed by atoms with E-state index in [2.05, 4.69) is 33.8 Å². The van der Waals surface area contributed by atoms with E-state index in [1.807, 2.05) is 13.1 Å². The summed E-state index contributed by atoms with van der Waals surface area (Å²) in [4.78, 5) is 4.37. The Morgan fingerprint density at radius 1 is 1.42 bits per heavy atom. The van der Waals surface area contributed by atoms with Crippen molar-refractivity contribution in [1.82, 2.24) is 10.3 Å². The summed E-state index contributed by atoms with van der Waals surface area (Å²) in [5, 5.41) is 8.80. The van der Waals surface area contributed by atoms with E-state index in [0.717, 1.165) is 28.9 Å². The lowest BCUT2D eigenvalue weighted by atomic mass is 10.1. The zero-order valence-corrected chi connectivity index (χ0v) is 11.1. The van der Waals surface area contributed by atoms with E-state index in [4.69, 9.17) is 4.74 Å². The number of nitrogens with zero attached hydrogens (tertiary/aromatic N) is 1. The fraction of sp³-hybridized carbons (Fsp3) is 0.400. The normalized spacial score (nSPS) is 18.7. The first-order chi connectivity index (χ1) is 9.36. The quantitative estimate of drug-likeness (QED) is 0.883. The molecule has 2 aromatic rings. The summed E-state index contributed by atoms with van der Waals surface area (Å²) >= 11 is 0. The Labute approximate surface area is 113 Å². The van der Waals surface area contributed by atoms with Crippen LogP contribution in [-0.2, 0) is 0 Å². The number of benzene rings is 1. The maximum Gasteiger partial charge on any atom is 0.221 e. The molecule has 1 aliphatic rings. The van der Waals surface area contributed by atoms with E-state index in [1.54, 1.807) is 6.20 Å². The predicted octanol–water partition coefficient (Wildman–Crippen LogP) is 2.41. The summed E-state index contributed by atoms with van der Waals surface area (Å²) in [6, 6.07) is 8.70. The van der Waals surface area contributed by atoms with Crippen LogP contribution in [0.2, 0.25) is 0 Å². The molecule has 1 unspecified atom stereocenters. The molecule has 100 valence electrons. The van der Waals surface area contributed by atoms with Crippen molar-refractivity contribution >= 4 is 16.5 Å². The Morgan fingerprint density at radius 2 is 2.37 bits per heavy atom. The van der Waals surface area contributed by atoms with E-state index >= 15 is 0 Å². The van der Waals surface area contributed by atoms with Crippen LogP contribution in [0.15, 0.2) is 30.5 Å². The van der Waals surface area contributed by atoms with Crippen molar-refractivity contribution in [1.29, 1.82) is 0 Å². The number of fused-ring (bicyclic) bond motifs is 1. The van der Waals surface area contributed by atoms with Gasteiger partial charge in [-0.3, -0.25) is 0 Å². The van der Waals surface area contributed by atoms with Gasteiger partial charge in [-0.2, -0.15) is 0 Å². The maximum atomic E-state index is 5.90. The van der Waals surface area contributed by atoms with Crippen molar-refractivity contribution in [2.24, 2.45) is 0 Å². The highest BCUT2D eigenvalue weighted by Crippen LogP contribution is 2.26. The van der Waals surface area contributed by atoms with Crippen LogP contribution >= 0.6 is 0 Å². The Bertz CT molecular complexity index is 564. The Balaban J connectivity index is 1.84. The molecule has 19 heavy (non-hydrogen) atoms. The Morgan fingerprint density at radius 3 is 3.16 bits per heavy atom. The molecular weight excluding hydrogens is 238 g/mol. The van der Waals surface area contributed by atoms with Crippen LogP contribution < -0.4 is 15.4 Å². The van der Waals surface area contributed by atoms with Gasteiger partial charge in [0, 0.05) is 30.4 Å². The number of hydrogen-bond donors (Lipinski definition) is 2. The number of anilines is 1. The number of pyridine rings is 1. The average molecular weight is 257 g/mol. The largest absolute Gasteiger partial charge is 0.476 e. The summed E-state index contributed by atoms with van der Waals surface area (Å²) in [5.41, 5.74) is 1.07. The lowest BCUT2D eigenvalue weighted by molar-refractivity contribution is 0.271. The molecule has 3 rings (SSSR count). The van der Waals surface area contributed by atoms with Crippen LogP contribution in [0.1, 0.15) is 12.8 Å². The summed E-state index contributed by atoms with van der Waals surface area (Å²) < 4.78 is 5.90. The fourth-order valence-electron chi connectivity index (χ4n) is 2.49. The lowest BCUT2D eigenvalue weighted by Crippen LogP contribution is -2.28. The standard InChI is InChI=1S/C15H19N3O/c1-16-12-5-4-11-6-8-18-15(14(11)9-12)19-10-13-3-2-7-17-13/h4-6,8-9,13,16-17H,2-3,7,10H2,1H3. The summed E-state index contributed by atoms with van der Waals surface area (Å²) in [6.45, 7) is 1.79. The van der Waals surface area contributed by atoms with Crippen LogP contribution in [-0.4, -0.2) is 31.2 Å². The second-order valence-electron chi connectivity index (χ2n) is 4.91. The van der Waals surface area contributed by atoms with Gasteiger partial charge in [-0.25, -0.2) is 4.98 Å². The molecule has 1 saturated heterocycles. The number of aromatic nitrogens is 1. The van der Waals surface area contributed by atoms with E-state index in [9.17, 15) is 0 Å². The van der Waals surface area contributed by atoms with Crippen LogP contribution in [0.25, 0.3) is 10.8 Å². The molecule has 1 atom stereocenters. The average Bonchev–Trinajstić information content (AvgIpc) is 2.97. The van der Waals surface area contributed by atoms with Crippen molar-refractivity contribution < 1.29 is 4.74 Å². The van der Waals surface area contributed by atoms with Crippen LogP contribution in [0.5, 0.6) is 5.88 Å². The minimum absolute atomic E-state index is 0.463. The molecule has 4 heteroatoms. The molecule has 0 saturated carbocycles. The van der Waals surface area contributed by atoms with Gasteiger partial charge < -0.3 is 15.4 Å². The van der Waals surface area contributed by atoms with Crippen molar-refractivity contribution in [2.45, 2.75) is 18.9 Å². The molecule has 0 amide bonds. The molecule has 0 aliphatic carbocycles. The van der Waals surface area contributed by atoms with E-state index in [1.165, 1.54) is 12.8 Å². The minimum atomic E-state index is 0.463. The van der Waals surface area contributed by atoms with E-state index in [-0.39, 0.29) is 0 Å². The first kappa shape index (κ1) is 12.2. The van der Waals surface area contributed by atoms with Gasteiger partial charge in [0.15, 0.2) is 0 Å². The smallest absolute Gasteiger partial charge is 0.221 e. The van der Waals surface area contributed by atoms with Crippen LogP contribution in [0, 0.1) is 0 Å². The molecule has 0 bridgehead atoms. The van der Waals surface area contributed by atoms with Crippen LogP contribution in [0.4, 0.5) is 5.69 Å². The summed E-state index contributed by atoms with van der Waals surface area (Å²) in [6.07, 6.45) is 4.23. The molecule has 1 fully saturated rings. The molecule has 1 aliphatic heterocycles. The molecule has 0 radical (unpaired) electrons. The second-order valence-corrected chi connectivity index (χ2v) is 4.91. The van der Waals surface area contributed by atoms with Crippen molar-refractivity contribution in [2.75, 3.05) is 25.5 Å². The maximum absolute atomic E-state index is 5.90. The predicted molar refractivity (Wildman–Crippen MR) is 77.8 cm³/mol. The number of hydrogen-bond acceptors (Lipinski definition) is 4. The Hall–Kier alpha value is -1.81. The third kappa shape index (κ3) is 2.63. The molecule has 4 nitrogen and oxygen atoms in total. The van der Waals surface area contributed by atoms with Gasteiger partial charge in [-0.1, -0.05) is 6.07 Å². The minimum Gasteiger partial charge on any atom is -0.476 e. The van der Waals surface area contributed by atoms with E-state index < -0.39 is 0 Å². The summed E-state index contributed by atoms with van der Waals surface area (Å²) in [7, 11) is 1.92. The molecule has 2 N–H and O–H groups in total. The third-order valence-electron chi connectivity index (χ3n) is 3.60. The number of rotatable bonds is 4. The van der Waals surface area contributed by atoms with Gasteiger partial charge in [0.1, 0.15) is 6.61 Å². The topological polar surface area (TPSA) is 46.2 Å². The first-order valence-corrected chi connectivity index (χ1v) is 6.79. The van der Waals surface area contributed by atoms with Gasteiger partial charge in [-0.05, 0) is 43.0 Å². The number of ether oxygens (including phenoxy) is 1. The molecular formula is C15H19N3O. The molecule has 0 spiro atoms. The number of nitrogens with one attached hydrogen (secondary N) is 2. The molecule has 1 aromatic heterocycles. The lowest BCUT2D eigenvalue weighted by Gasteiger charge is -2.13. The fourth-order valence-corrected chi connectivity index (χ4v) is 2.49. The SMILES string of the molecule is CNc1ccc2ccnc(OCC3CCCN3)c2c1. The molecule has 2 heterocycles. The Kier molecular flexibility index (Phi) is 3.51. The molecule has 1 aromatic carbocycles. The third-order valence-corrected chi connectivity index (χ3v) is 3.60. The van der Waals surface area contributed by atoms with Crippen LogP contribution in [0.3, 0.4) is 0 Å². The van der Waals surface area contributed by atoms with Crippen molar-refractivity contribution in [3.63, 3.8) is 0 Å². The monoisotopic (exact) mass is 257 g/mol. The van der Waals surface area contributed by atoms with E-state index in [0.29, 0.717) is 12.6 Å². The zero-order chi connectivity index (χ0) is 13.1. The van der Waals surface area contributed by atoms with Crippen molar-refractivity contribution in [3.8, 4) is 5.88 Å². The van der Waals surface area contributed by atoms with Gasteiger partial charge in [0.2, 0.25) is 5.88 Å². The van der Waals surface area contributed by atoms with Crippen molar-refractivity contribution in [3.05, 3.63) is 30.5 Å².